The third kappa shape index (κ3) is 4.55. The molecular weight excluding hydrogens is 340 g/mol. The molecule has 2 aromatic heterocycles. The van der Waals surface area contributed by atoms with Crippen LogP contribution in [0.1, 0.15) is 40.9 Å². The Labute approximate surface area is 158 Å². The molecule has 0 aliphatic rings. The zero-order chi connectivity index (χ0) is 19.2. The van der Waals surface area contributed by atoms with Gasteiger partial charge in [-0.15, -0.1) is 10.2 Å². The van der Waals surface area contributed by atoms with Gasteiger partial charge in [0.05, 0.1) is 5.69 Å². The molecule has 7 heteroatoms. The summed E-state index contributed by atoms with van der Waals surface area (Å²) in [6.07, 6.45) is 6.15. The van der Waals surface area contributed by atoms with Crippen molar-refractivity contribution in [1.82, 2.24) is 30.0 Å². The molecule has 140 valence electrons. The quantitative estimate of drug-likeness (QED) is 0.696. The molecule has 1 N–H and O–H groups in total. The number of nitrogens with one attached hydrogen (secondary N) is 1. The molecule has 0 atom stereocenters. The van der Waals surface area contributed by atoms with Gasteiger partial charge in [0, 0.05) is 37.3 Å². The Morgan fingerprint density at radius 3 is 2.63 bits per heavy atom. The monoisotopic (exact) mass is 364 g/mol. The van der Waals surface area contributed by atoms with Gasteiger partial charge in [-0.2, -0.15) is 0 Å². The molecular formula is C20H24N6O. The molecule has 0 saturated heterocycles. The number of hydrogen-bond acceptors (Lipinski definition) is 5. The second-order valence-corrected chi connectivity index (χ2v) is 6.48. The summed E-state index contributed by atoms with van der Waals surface area (Å²) in [4.78, 5) is 21.2. The summed E-state index contributed by atoms with van der Waals surface area (Å²) in [5, 5.41) is 10.8. The van der Waals surface area contributed by atoms with E-state index in [0.717, 1.165) is 41.3 Å². The third-order valence-electron chi connectivity index (χ3n) is 4.36. The highest BCUT2D eigenvalue weighted by Gasteiger charge is 2.10. The van der Waals surface area contributed by atoms with Crippen molar-refractivity contribution >= 4 is 5.91 Å². The third-order valence-corrected chi connectivity index (χ3v) is 4.36. The molecule has 0 saturated carbocycles. The van der Waals surface area contributed by atoms with E-state index in [2.05, 4.69) is 32.4 Å². The van der Waals surface area contributed by atoms with Crippen molar-refractivity contribution in [3.63, 3.8) is 0 Å². The van der Waals surface area contributed by atoms with Crippen LogP contribution in [0.3, 0.4) is 0 Å². The lowest BCUT2D eigenvalue weighted by atomic mass is 10.0. The van der Waals surface area contributed by atoms with Crippen molar-refractivity contribution in [1.29, 1.82) is 0 Å². The SMILES string of the molecule is CCCc1cnc(C)nc1-c1ccc(C(=O)NCCc2nncn2C)cc1. The van der Waals surface area contributed by atoms with E-state index in [0.29, 0.717) is 18.5 Å². The molecule has 0 radical (unpaired) electrons. The van der Waals surface area contributed by atoms with Gasteiger partial charge in [0.15, 0.2) is 0 Å². The second kappa shape index (κ2) is 8.53. The highest BCUT2D eigenvalue weighted by atomic mass is 16.1. The first-order valence-corrected chi connectivity index (χ1v) is 9.12. The van der Waals surface area contributed by atoms with Gasteiger partial charge in [-0.25, -0.2) is 9.97 Å². The van der Waals surface area contributed by atoms with Crippen LogP contribution in [0, 0.1) is 6.92 Å². The van der Waals surface area contributed by atoms with E-state index < -0.39 is 0 Å². The Bertz CT molecular complexity index is 916. The van der Waals surface area contributed by atoms with Crippen LogP contribution in [0.15, 0.2) is 36.8 Å². The number of aromatic nitrogens is 5. The van der Waals surface area contributed by atoms with Crippen LogP contribution in [-0.4, -0.2) is 37.2 Å². The fraction of sp³-hybridized carbons (Fsp3) is 0.350. The van der Waals surface area contributed by atoms with Crippen LogP contribution in [0.2, 0.25) is 0 Å². The zero-order valence-electron chi connectivity index (χ0n) is 15.9. The molecule has 0 spiro atoms. The van der Waals surface area contributed by atoms with Crippen LogP contribution < -0.4 is 5.32 Å². The Kier molecular flexibility index (Phi) is 5.90. The van der Waals surface area contributed by atoms with Crippen LogP contribution in [0.25, 0.3) is 11.3 Å². The summed E-state index contributed by atoms with van der Waals surface area (Å²) < 4.78 is 1.85. The molecule has 27 heavy (non-hydrogen) atoms. The van der Waals surface area contributed by atoms with E-state index in [1.165, 1.54) is 0 Å². The molecule has 0 aliphatic heterocycles. The summed E-state index contributed by atoms with van der Waals surface area (Å²) >= 11 is 0. The highest BCUT2D eigenvalue weighted by molar-refractivity contribution is 5.94. The van der Waals surface area contributed by atoms with Gasteiger partial charge in [-0.1, -0.05) is 25.5 Å². The molecule has 0 bridgehead atoms. The molecule has 1 amide bonds. The van der Waals surface area contributed by atoms with Crippen LogP contribution >= 0.6 is 0 Å². The fourth-order valence-electron chi connectivity index (χ4n) is 2.90. The molecule has 3 aromatic rings. The maximum absolute atomic E-state index is 12.3. The first-order chi connectivity index (χ1) is 13.1. The highest BCUT2D eigenvalue weighted by Crippen LogP contribution is 2.23. The van der Waals surface area contributed by atoms with Crippen LogP contribution in [-0.2, 0) is 19.9 Å². The van der Waals surface area contributed by atoms with Crippen molar-refractivity contribution in [3.05, 3.63) is 59.6 Å². The van der Waals surface area contributed by atoms with E-state index in [9.17, 15) is 4.79 Å². The predicted octanol–water partition coefficient (Wildman–Crippen LogP) is 2.51. The number of hydrogen-bond donors (Lipinski definition) is 1. The number of benzene rings is 1. The normalized spacial score (nSPS) is 10.8. The summed E-state index contributed by atoms with van der Waals surface area (Å²) in [6, 6.07) is 7.55. The standard InChI is InChI=1S/C20H24N6O/c1-4-5-17-12-22-14(2)24-19(17)15-6-8-16(9-7-15)20(27)21-11-10-18-25-23-13-26(18)3/h6-9,12-13H,4-5,10-11H2,1-3H3,(H,21,27). The van der Waals surface area contributed by atoms with Gasteiger partial charge in [-0.05, 0) is 31.0 Å². The molecule has 3 rings (SSSR count). The molecule has 7 nitrogen and oxygen atoms in total. The van der Waals surface area contributed by atoms with E-state index in [1.54, 1.807) is 6.33 Å². The van der Waals surface area contributed by atoms with Gasteiger partial charge in [0.2, 0.25) is 0 Å². The van der Waals surface area contributed by atoms with E-state index in [4.69, 9.17) is 0 Å². The molecule has 2 heterocycles. The van der Waals surface area contributed by atoms with Crippen molar-refractivity contribution < 1.29 is 4.79 Å². The minimum Gasteiger partial charge on any atom is -0.352 e. The maximum atomic E-state index is 12.3. The number of rotatable bonds is 7. The number of amides is 1. The summed E-state index contributed by atoms with van der Waals surface area (Å²) in [5.74, 6) is 1.49. The lowest BCUT2D eigenvalue weighted by Crippen LogP contribution is -2.26. The van der Waals surface area contributed by atoms with Gasteiger partial charge < -0.3 is 9.88 Å². The molecule has 0 unspecified atom stereocenters. The summed E-state index contributed by atoms with van der Waals surface area (Å²) in [6.45, 7) is 4.54. The van der Waals surface area contributed by atoms with Crippen molar-refractivity contribution in [2.45, 2.75) is 33.1 Å². The Hall–Kier alpha value is -3.09. The Morgan fingerprint density at radius 1 is 1.19 bits per heavy atom. The van der Waals surface area contributed by atoms with Gasteiger partial charge in [-0.3, -0.25) is 4.79 Å². The summed E-state index contributed by atoms with van der Waals surface area (Å²) in [7, 11) is 1.89. The molecule has 0 aliphatic carbocycles. The second-order valence-electron chi connectivity index (χ2n) is 6.48. The smallest absolute Gasteiger partial charge is 0.251 e. The largest absolute Gasteiger partial charge is 0.352 e. The zero-order valence-corrected chi connectivity index (χ0v) is 15.9. The first-order valence-electron chi connectivity index (χ1n) is 9.12. The van der Waals surface area contributed by atoms with Crippen molar-refractivity contribution in [3.8, 4) is 11.3 Å². The molecule has 1 aromatic carbocycles. The van der Waals surface area contributed by atoms with Crippen molar-refractivity contribution in [2.75, 3.05) is 6.54 Å². The minimum atomic E-state index is -0.101. The van der Waals surface area contributed by atoms with E-state index in [1.807, 2.05) is 49.0 Å². The average molecular weight is 364 g/mol. The van der Waals surface area contributed by atoms with Gasteiger partial charge >= 0.3 is 0 Å². The maximum Gasteiger partial charge on any atom is 0.251 e. The van der Waals surface area contributed by atoms with Gasteiger partial charge in [0.1, 0.15) is 18.0 Å². The van der Waals surface area contributed by atoms with E-state index >= 15 is 0 Å². The van der Waals surface area contributed by atoms with Crippen molar-refractivity contribution in [2.24, 2.45) is 7.05 Å². The minimum absolute atomic E-state index is 0.101. The Morgan fingerprint density at radius 2 is 1.96 bits per heavy atom. The number of carbonyl (C=O) groups is 1. The lowest BCUT2D eigenvalue weighted by Gasteiger charge is -2.10. The van der Waals surface area contributed by atoms with Crippen LogP contribution in [0.5, 0.6) is 0 Å². The van der Waals surface area contributed by atoms with E-state index in [-0.39, 0.29) is 5.91 Å². The Balaban J connectivity index is 1.67. The first kappa shape index (κ1) is 18.7. The van der Waals surface area contributed by atoms with Crippen LogP contribution in [0.4, 0.5) is 0 Å². The summed E-state index contributed by atoms with van der Waals surface area (Å²) in [5.41, 5.74) is 3.70. The number of aryl methyl sites for hydroxylation is 3. The predicted molar refractivity (Wildman–Crippen MR) is 103 cm³/mol. The number of carbonyl (C=O) groups excluding carboxylic acids is 1. The fourth-order valence-corrected chi connectivity index (χ4v) is 2.90. The van der Waals surface area contributed by atoms with Gasteiger partial charge in [0.25, 0.3) is 5.91 Å². The number of nitrogens with zero attached hydrogens (tertiary/aromatic N) is 5. The lowest BCUT2D eigenvalue weighted by molar-refractivity contribution is 0.0954. The average Bonchev–Trinajstić information content (AvgIpc) is 3.08. The molecule has 0 fully saturated rings. The topological polar surface area (TPSA) is 85.6 Å².